The number of rotatable bonds is 2. The molecule has 0 bridgehead atoms. The average Bonchev–Trinajstić information content (AvgIpc) is 2.68. The lowest BCUT2D eigenvalue weighted by atomic mass is 10.4. The highest BCUT2D eigenvalue weighted by Gasteiger charge is 2.28. The Bertz CT molecular complexity index is 235. The molecule has 2 rings (SSSR count). The maximum atomic E-state index is 4.17. The molecule has 4 heteroatoms. The summed E-state index contributed by atoms with van der Waals surface area (Å²) in [5.74, 6) is 0. The van der Waals surface area contributed by atoms with Crippen molar-refractivity contribution in [2.45, 2.75) is 32.0 Å². The smallest absolute Gasteiger partial charge is 0.0986 e. The minimum atomic E-state index is -0.494. The van der Waals surface area contributed by atoms with Crippen molar-refractivity contribution >= 4 is 14.1 Å². The van der Waals surface area contributed by atoms with Gasteiger partial charge in [-0.05, 0) is 13.8 Å². The van der Waals surface area contributed by atoms with Crippen molar-refractivity contribution in [3.63, 3.8) is 0 Å². The molecule has 1 aromatic heterocycles. The molecule has 11 heavy (non-hydrogen) atoms. The summed E-state index contributed by atoms with van der Waals surface area (Å²) in [5, 5.41) is 9.57. The molecule has 0 amide bonds. The highest BCUT2D eigenvalue weighted by molar-refractivity contribution is 6.81. The minimum Gasteiger partial charge on any atom is -0.250 e. The largest absolute Gasteiger partial charge is 0.250 e. The van der Waals surface area contributed by atoms with Gasteiger partial charge in [-0.3, -0.25) is 4.68 Å². The van der Waals surface area contributed by atoms with Crippen molar-refractivity contribution in [2.24, 2.45) is 0 Å². The van der Waals surface area contributed by atoms with Crippen LogP contribution in [0.2, 0.25) is 12.1 Å². The van der Waals surface area contributed by atoms with E-state index in [4.69, 9.17) is 0 Å². The summed E-state index contributed by atoms with van der Waals surface area (Å²) in [4.78, 5) is 0. The van der Waals surface area contributed by atoms with Crippen molar-refractivity contribution in [2.75, 3.05) is 0 Å². The van der Waals surface area contributed by atoms with Gasteiger partial charge in [0, 0.05) is 12.2 Å². The Hall–Kier alpha value is -0.643. The van der Waals surface area contributed by atoms with E-state index in [0.29, 0.717) is 6.04 Å². The van der Waals surface area contributed by atoms with Crippen LogP contribution in [0.4, 0.5) is 0 Å². The maximum absolute atomic E-state index is 4.17. The molecule has 1 aliphatic heterocycles. The Morgan fingerprint density at radius 1 is 1.55 bits per heavy atom. The van der Waals surface area contributed by atoms with E-state index in [-0.39, 0.29) is 0 Å². The second kappa shape index (κ2) is 2.44. The molecule has 1 saturated heterocycles. The first-order valence-corrected chi connectivity index (χ1v) is 6.40. The second-order valence-corrected chi connectivity index (χ2v) is 6.63. The maximum Gasteiger partial charge on any atom is 0.0986 e. The predicted molar refractivity (Wildman–Crippen MR) is 46.8 cm³/mol. The first-order chi connectivity index (χ1) is 5.27. The summed E-state index contributed by atoms with van der Waals surface area (Å²) < 4.78 is 1.96. The van der Waals surface area contributed by atoms with Crippen LogP contribution in [0, 0.1) is 0 Å². The molecule has 0 aliphatic carbocycles. The Morgan fingerprint density at radius 2 is 2.27 bits per heavy atom. The fourth-order valence-corrected chi connectivity index (χ4v) is 2.95. The number of hydrogen-bond acceptors (Lipinski definition) is 2. The summed E-state index contributed by atoms with van der Waals surface area (Å²) in [5.41, 5.74) is 0. The molecule has 0 spiro atoms. The number of aromatic nitrogens is 3. The van der Waals surface area contributed by atoms with E-state index >= 15 is 0 Å². The van der Waals surface area contributed by atoms with E-state index in [1.54, 1.807) is 0 Å². The molecule has 0 atom stereocenters. The number of hydrogen-bond donors (Lipinski definition) is 0. The van der Waals surface area contributed by atoms with Crippen LogP contribution in [0.1, 0.15) is 19.9 Å². The van der Waals surface area contributed by atoms with Gasteiger partial charge in [0.1, 0.15) is 0 Å². The van der Waals surface area contributed by atoms with Gasteiger partial charge in [-0.2, -0.15) is 0 Å². The van der Waals surface area contributed by atoms with Crippen molar-refractivity contribution in [3.05, 3.63) is 6.20 Å². The Labute approximate surface area is 68.0 Å². The van der Waals surface area contributed by atoms with Gasteiger partial charge in [-0.1, -0.05) is 17.3 Å². The van der Waals surface area contributed by atoms with Gasteiger partial charge in [0.25, 0.3) is 0 Å². The average molecular weight is 167 g/mol. The third kappa shape index (κ3) is 1.35. The fraction of sp³-hybridized carbons (Fsp3) is 0.714. The van der Waals surface area contributed by atoms with E-state index in [1.165, 1.54) is 17.4 Å². The van der Waals surface area contributed by atoms with Gasteiger partial charge >= 0.3 is 0 Å². The normalized spacial score (nSPS) is 17.7. The van der Waals surface area contributed by atoms with Gasteiger partial charge in [0.2, 0.25) is 0 Å². The van der Waals surface area contributed by atoms with Gasteiger partial charge in [-0.15, -0.1) is 5.10 Å². The van der Waals surface area contributed by atoms with Gasteiger partial charge < -0.3 is 0 Å². The van der Waals surface area contributed by atoms with Gasteiger partial charge in [-0.25, -0.2) is 0 Å². The van der Waals surface area contributed by atoms with Gasteiger partial charge in [0.15, 0.2) is 0 Å². The zero-order valence-electron chi connectivity index (χ0n) is 6.99. The summed E-state index contributed by atoms with van der Waals surface area (Å²) >= 11 is 0. The standard InChI is InChI=1S/C7H13N3Si/c1-6(2)10-5-7(8-9-10)11-3-4-11/h5-6,11H,3-4H2,1-2H3. The zero-order valence-corrected chi connectivity index (χ0v) is 8.14. The molecular weight excluding hydrogens is 154 g/mol. The van der Waals surface area contributed by atoms with Crippen molar-refractivity contribution in [3.8, 4) is 0 Å². The summed E-state index contributed by atoms with van der Waals surface area (Å²) in [7, 11) is -0.494. The fourth-order valence-electron chi connectivity index (χ4n) is 1.11. The molecule has 1 aromatic rings. The van der Waals surface area contributed by atoms with Crippen molar-refractivity contribution in [1.29, 1.82) is 0 Å². The summed E-state index contributed by atoms with van der Waals surface area (Å²) in [6, 6.07) is 3.34. The van der Waals surface area contributed by atoms with Crippen LogP contribution in [0.5, 0.6) is 0 Å². The van der Waals surface area contributed by atoms with E-state index in [1.807, 2.05) is 4.68 Å². The lowest BCUT2D eigenvalue weighted by Gasteiger charge is -2.00. The summed E-state index contributed by atoms with van der Waals surface area (Å²) in [6.45, 7) is 4.26. The van der Waals surface area contributed by atoms with E-state index < -0.39 is 8.80 Å². The van der Waals surface area contributed by atoms with Crippen LogP contribution in [0.25, 0.3) is 0 Å². The van der Waals surface area contributed by atoms with Crippen LogP contribution >= 0.6 is 0 Å². The third-order valence-corrected chi connectivity index (χ3v) is 4.31. The van der Waals surface area contributed by atoms with Gasteiger partial charge in [0.05, 0.1) is 14.1 Å². The SMILES string of the molecule is CC(C)n1cc([SiH]2CC2)nn1. The molecular formula is C7H13N3Si. The predicted octanol–water partition coefficient (Wildman–Crippen LogP) is 0.307. The Balaban J connectivity index is 2.18. The minimum absolute atomic E-state index is 0.462. The van der Waals surface area contributed by atoms with Crippen molar-refractivity contribution < 1.29 is 0 Å². The summed E-state index contributed by atoms with van der Waals surface area (Å²) in [6.07, 6.45) is 2.13. The van der Waals surface area contributed by atoms with Crippen LogP contribution in [0.3, 0.4) is 0 Å². The topological polar surface area (TPSA) is 30.7 Å². The molecule has 0 radical (unpaired) electrons. The molecule has 60 valence electrons. The van der Waals surface area contributed by atoms with E-state index in [0.717, 1.165) is 0 Å². The lowest BCUT2D eigenvalue weighted by Crippen LogP contribution is -2.15. The quantitative estimate of drug-likeness (QED) is 0.593. The molecule has 0 unspecified atom stereocenters. The molecule has 0 saturated carbocycles. The van der Waals surface area contributed by atoms with E-state index in [9.17, 15) is 0 Å². The lowest BCUT2D eigenvalue weighted by molar-refractivity contribution is 0.514. The van der Waals surface area contributed by atoms with E-state index in [2.05, 4.69) is 30.4 Å². The highest BCUT2D eigenvalue weighted by Crippen LogP contribution is 2.19. The monoisotopic (exact) mass is 167 g/mol. The molecule has 3 nitrogen and oxygen atoms in total. The van der Waals surface area contributed by atoms with Crippen molar-refractivity contribution in [1.82, 2.24) is 15.0 Å². The zero-order chi connectivity index (χ0) is 7.84. The van der Waals surface area contributed by atoms with Crippen LogP contribution < -0.4 is 5.32 Å². The molecule has 1 fully saturated rings. The first-order valence-electron chi connectivity index (χ1n) is 4.19. The van der Waals surface area contributed by atoms with Crippen LogP contribution in [0.15, 0.2) is 6.20 Å². The first kappa shape index (κ1) is 7.03. The van der Waals surface area contributed by atoms with Crippen LogP contribution in [-0.2, 0) is 0 Å². The molecule has 0 aromatic carbocycles. The third-order valence-electron chi connectivity index (χ3n) is 2.05. The highest BCUT2D eigenvalue weighted by atomic mass is 28.3. The Morgan fingerprint density at radius 3 is 2.73 bits per heavy atom. The van der Waals surface area contributed by atoms with Crippen LogP contribution in [-0.4, -0.2) is 23.8 Å². The Kier molecular flexibility index (Phi) is 1.56. The molecule has 0 N–H and O–H groups in total. The molecule has 2 heterocycles. The second-order valence-electron chi connectivity index (χ2n) is 3.49. The number of nitrogens with zero attached hydrogens (tertiary/aromatic N) is 3. The molecule has 1 aliphatic rings.